The molecule has 3 rings (SSSR count). The van der Waals surface area contributed by atoms with Crippen LogP contribution in [0, 0.1) is 11.7 Å². The van der Waals surface area contributed by atoms with E-state index in [-0.39, 0.29) is 36.3 Å². The number of rotatable bonds is 5. The van der Waals surface area contributed by atoms with Crippen LogP contribution in [0.15, 0.2) is 22.7 Å². The lowest BCUT2D eigenvalue weighted by atomic mass is 9.95. The molecule has 2 saturated heterocycles. The van der Waals surface area contributed by atoms with Crippen molar-refractivity contribution in [2.24, 2.45) is 5.92 Å². The van der Waals surface area contributed by atoms with Crippen LogP contribution in [0.1, 0.15) is 42.5 Å². The number of benzene rings is 1. The standard InChI is InChI=1S/C20H25BrFN3O3/c21-17-4-3-15(22)13-16(17)19(27)23-8-5-18(26)24-11-6-14(7-12-24)20(28)25-9-1-2-10-25/h3-4,13-14H,1-2,5-12H2,(H,23,27). The van der Waals surface area contributed by atoms with Gasteiger partial charge in [-0.3, -0.25) is 14.4 Å². The summed E-state index contributed by atoms with van der Waals surface area (Å²) in [6.45, 7) is 3.06. The van der Waals surface area contributed by atoms with Crippen molar-refractivity contribution in [3.8, 4) is 0 Å². The van der Waals surface area contributed by atoms with E-state index in [2.05, 4.69) is 21.2 Å². The summed E-state index contributed by atoms with van der Waals surface area (Å²) in [5.41, 5.74) is 0.202. The van der Waals surface area contributed by atoms with Gasteiger partial charge in [-0.25, -0.2) is 4.39 Å². The largest absolute Gasteiger partial charge is 0.351 e. The molecule has 152 valence electrons. The van der Waals surface area contributed by atoms with Crippen LogP contribution in [0.3, 0.4) is 0 Å². The second-order valence-electron chi connectivity index (χ2n) is 7.32. The van der Waals surface area contributed by atoms with E-state index in [1.165, 1.54) is 12.1 Å². The minimum absolute atomic E-state index is 0.0205. The molecule has 28 heavy (non-hydrogen) atoms. The number of carbonyl (C=O) groups excluding carboxylic acids is 3. The van der Waals surface area contributed by atoms with E-state index in [1.54, 1.807) is 4.90 Å². The molecule has 2 aliphatic rings. The average Bonchev–Trinajstić information content (AvgIpc) is 3.24. The molecule has 1 aromatic carbocycles. The van der Waals surface area contributed by atoms with Crippen LogP contribution in [0.25, 0.3) is 0 Å². The van der Waals surface area contributed by atoms with E-state index < -0.39 is 11.7 Å². The van der Waals surface area contributed by atoms with Crippen molar-refractivity contribution < 1.29 is 18.8 Å². The maximum atomic E-state index is 13.3. The topological polar surface area (TPSA) is 69.7 Å². The van der Waals surface area contributed by atoms with Gasteiger partial charge in [0.1, 0.15) is 5.82 Å². The van der Waals surface area contributed by atoms with Gasteiger partial charge in [-0.15, -0.1) is 0 Å². The highest BCUT2D eigenvalue weighted by molar-refractivity contribution is 9.10. The van der Waals surface area contributed by atoms with Gasteiger partial charge in [0.15, 0.2) is 0 Å². The second-order valence-corrected chi connectivity index (χ2v) is 8.17. The fraction of sp³-hybridized carbons (Fsp3) is 0.550. The molecule has 0 saturated carbocycles. The molecule has 0 unspecified atom stereocenters. The van der Waals surface area contributed by atoms with E-state index in [1.807, 2.05) is 4.90 Å². The summed E-state index contributed by atoms with van der Waals surface area (Å²) in [6, 6.07) is 3.90. The van der Waals surface area contributed by atoms with Gasteiger partial charge in [-0.05, 0) is 59.8 Å². The van der Waals surface area contributed by atoms with Crippen LogP contribution < -0.4 is 5.32 Å². The Labute approximate surface area is 172 Å². The maximum Gasteiger partial charge on any atom is 0.252 e. The molecule has 6 nitrogen and oxygen atoms in total. The summed E-state index contributed by atoms with van der Waals surface area (Å²) in [5.74, 6) is -0.694. The normalized spacial score (nSPS) is 17.6. The lowest BCUT2D eigenvalue weighted by molar-refractivity contribution is -0.140. The quantitative estimate of drug-likeness (QED) is 0.744. The Morgan fingerprint density at radius 2 is 1.75 bits per heavy atom. The number of carbonyl (C=O) groups is 3. The van der Waals surface area contributed by atoms with E-state index in [4.69, 9.17) is 0 Å². The summed E-state index contributed by atoms with van der Waals surface area (Å²) in [7, 11) is 0. The molecule has 3 amide bonds. The highest BCUT2D eigenvalue weighted by atomic mass is 79.9. The summed E-state index contributed by atoms with van der Waals surface area (Å²) < 4.78 is 13.8. The van der Waals surface area contributed by atoms with Crippen LogP contribution in [0.5, 0.6) is 0 Å². The minimum Gasteiger partial charge on any atom is -0.351 e. The lowest BCUT2D eigenvalue weighted by Crippen LogP contribution is -2.44. The highest BCUT2D eigenvalue weighted by Crippen LogP contribution is 2.22. The zero-order valence-electron chi connectivity index (χ0n) is 15.8. The molecule has 1 N–H and O–H groups in total. The summed E-state index contributed by atoms with van der Waals surface area (Å²) in [5, 5.41) is 2.66. The van der Waals surface area contributed by atoms with Crippen LogP contribution >= 0.6 is 15.9 Å². The second kappa shape index (κ2) is 9.49. The Morgan fingerprint density at radius 1 is 1.07 bits per heavy atom. The molecule has 1 aromatic rings. The van der Waals surface area contributed by atoms with E-state index in [0.29, 0.717) is 30.4 Å². The Morgan fingerprint density at radius 3 is 2.43 bits per heavy atom. The van der Waals surface area contributed by atoms with Gasteiger partial charge in [-0.1, -0.05) is 0 Å². The molecule has 0 atom stereocenters. The minimum atomic E-state index is -0.490. The van der Waals surface area contributed by atoms with Gasteiger partial charge in [0, 0.05) is 49.5 Å². The number of nitrogens with zero attached hydrogens (tertiary/aromatic N) is 2. The van der Waals surface area contributed by atoms with Gasteiger partial charge in [-0.2, -0.15) is 0 Å². The van der Waals surface area contributed by atoms with E-state index in [9.17, 15) is 18.8 Å². The molecule has 0 radical (unpaired) electrons. The number of hydrogen-bond donors (Lipinski definition) is 1. The van der Waals surface area contributed by atoms with Crippen molar-refractivity contribution in [3.63, 3.8) is 0 Å². The molecular weight excluding hydrogens is 429 g/mol. The molecule has 0 aliphatic carbocycles. The smallest absolute Gasteiger partial charge is 0.252 e. The predicted molar refractivity (Wildman–Crippen MR) is 106 cm³/mol. The van der Waals surface area contributed by atoms with Crippen molar-refractivity contribution in [1.82, 2.24) is 15.1 Å². The van der Waals surface area contributed by atoms with E-state index >= 15 is 0 Å². The fourth-order valence-corrected chi connectivity index (χ4v) is 4.21. The van der Waals surface area contributed by atoms with Gasteiger partial charge in [0.05, 0.1) is 5.56 Å². The first-order chi connectivity index (χ1) is 13.5. The van der Waals surface area contributed by atoms with Crippen molar-refractivity contribution in [3.05, 3.63) is 34.1 Å². The summed E-state index contributed by atoms with van der Waals surface area (Å²) >= 11 is 3.22. The van der Waals surface area contributed by atoms with Crippen LogP contribution in [0.2, 0.25) is 0 Å². The van der Waals surface area contributed by atoms with E-state index in [0.717, 1.165) is 32.0 Å². The van der Waals surface area contributed by atoms with Gasteiger partial charge in [0.25, 0.3) is 5.91 Å². The third kappa shape index (κ3) is 5.10. The SMILES string of the molecule is O=C(NCCC(=O)N1CCC(C(=O)N2CCCC2)CC1)c1cc(F)ccc1Br. The Balaban J connectivity index is 1.40. The number of likely N-dealkylation sites (tertiary alicyclic amines) is 2. The van der Waals surface area contributed by atoms with Crippen molar-refractivity contribution >= 4 is 33.7 Å². The predicted octanol–water partition coefficient (Wildman–Crippen LogP) is 2.57. The number of amides is 3. The van der Waals surface area contributed by atoms with Crippen LogP contribution in [-0.2, 0) is 9.59 Å². The fourth-order valence-electron chi connectivity index (χ4n) is 3.78. The number of halogens is 2. The van der Waals surface area contributed by atoms with Crippen LogP contribution in [-0.4, -0.2) is 60.2 Å². The van der Waals surface area contributed by atoms with Gasteiger partial charge in [0.2, 0.25) is 11.8 Å². The first-order valence-electron chi connectivity index (χ1n) is 9.75. The molecule has 0 aromatic heterocycles. The molecule has 0 bridgehead atoms. The van der Waals surface area contributed by atoms with Gasteiger partial charge >= 0.3 is 0 Å². The zero-order valence-corrected chi connectivity index (χ0v) is 17.3. The Hall–Kier alpha value is -1.96. The summed E-state index contributed by atoms with van der Waals surface area (Å²) in [4.78, 5) is 40.7. The molecule has 0 spiro atoms. The maximum absolute atomic E-state index is 13.3. The zero-order chi connectivity index (χ0) is 20.1. The summed E-state index contributed by atoms with van der Waals surface area (Å²) in [6.07, 6.45) is 3.75. The van der Waals surface area contributed by atoms with Gasteiger partial charge < -0.3 is 15.1 Å². The molecular formula is C20H25BrFN3O3. The van der Waals surface area contributed by atoms with Crippen LogP contribution in [0.4, 0.5) is 4.39 Å². The average molecular weight is 454 g/mol. The first-order valence-corrected chi connectivity index (χ1v) is 10.5. The molecule has 2 aliphatic heterocycles. The number of piperidine rings is 1. The molecule has 2 fully saturated rings. The molecule has 8 heteroatoms. The number of nitrogens with one attached hydrogen (secondary N) is 1. The van der Waals surface area contributed by atoms with Crippen molar-refractivity contribution in [2.75, 3.05) is 32.7 Å². The first kappa shape index (κ1) is 20.8. The third-order valence-corrected chi connectivity index (χ3v) is 6.10. The Kier molecular flexibility index (Phi) is 7.04. The Bertz CT molecular complexity index is 744. The third-order valence-electron chi connectivity index (χ3n) is 5.41. The van der Waals surface area contributed by atoms with Crippen molar-refractivity contribution in [1.29, 1.82) is 0 Å². The molecule has 2 heterocycles. The monoisotopic (exact) mass is 453 g/mol. The van der Waals surface area contributed by atoms with Crippen molar-refractivity contribution in [2.45, 2.75) is 32.1 Å². The number of hydrogen-bond acceptors (Lipinski definition) is 3. The lowest BCUT2D eigenvalue weighted by Gasteiger charge is -2.33. The highest BCUT2D eigenvalue weighted by Gasteiger charge is 2.31.